The van der Waals surface area contributed by atoms with Gasteiger partial charge in [0.25, 0.3) is 0 Å². The zero-order valence-electron chi connectivity index (χ0n) is 16.2. The Morgan fingerprint density at radius 1 is 1.12 bits per heavy atom. The predicted octanol–water partition coefficient (Wildman–Crippen LogP) is 7.53. The van der Waals surface area contributed by atoms with Crippen molar-refractivity contribution in [2.75, 3.05) is 0 Å². The third kappa shape index (κ3) is 7.34. The van der Waals surface area contributed by atoms with Gasteiger partial charge in [-0.2, -0.15) is 0 Å². The summed E-state index contributed by atoms with van der Waals surface area (Å²) in [5, 5.41) is 0. The van der Waals surface area contributed by atoms with Crippen molar-refractivity contribution in [3.8, 4) is 0 Å². The maximum Gasteiger partial charge on any atom is -0.0165 e. The molecule has 1 aromatic rings. The highest BCUT2D eigenvalue weighted by Gasteiger charge is 2.20. The van der Waals surface area contributed by atoms with Crippen LogP contribution in [0.15, 0.2) is 66.3 Å². The first-order valence-electron chi connectivity index (χ1n) is 9.78. The highest BCUT2D eigenvalue weighted by atomic mass is 14.2. The molecule has 1 aromatic carbocycles. The van der Waals surface area contributed by atoms with Gasteiger partial charge < -0.3 is 0 Å². The van der Waals surface area contributed by atoms with Gasteiger partial charge in [-0.15, -0.1) is 0 Å². The maximum atomic E-state index is 4.16. The monoisotopic (exact) mass is 324 g/mol. The van der Waals surface area contributed by atoms with Crippen LogP contribution in [0.3, 0.4) is 0 Å². The van der Waals surface area contributed by atoms with Crippen LogP contribution in [-0.2, 0) is 6.42 Å². The molecule has 0 nitrogen and oxygen atoms in total. The van der Waals surface area contributed by atoms with Crippen LogP contribution in [0.25, 0.3) is 0 Å². The number of rotatable bonds is 3. The SMILES string of the molecule is C=C1CCCC1CC1=CCC(C)C=C1.CC.CCc1ccccc1. The first-order valence-corrected chi connectivity index (χ1v) is 9.78. The van der Waals surface area contributed by atoms with Gasteiger partial charge in [0, 0.05) is 0 Å². The number of hydrogen-bond donors (Lipinski definition) is 0. The van der Waals surface area contributed by atoms with Crippen molar-refractivity contribution < 1.29 is 0 Å². The molecule has 2 aliphatic rings. The molecule has 0 radical (unpaired) electrons. The van der Waals surface area contributed by atoms with Gasteiger partial charge in [0.1, 0.15) is 0 Å². The summed E-state index contributed by atoms with van der Waals surface area (Å²) in [4.78, 5) is 0. The second-order valence-corrected chi connectivity index (χ2v) is 6.64. The van der Waals surface area contributed by atoms with Crippen molar-refractivity contribution in [3.05, 3.63) is 71.8 Å². The maximum absolute atomic E-state index is 4.16. The lowest BCUT2D eigenvalue weighted by Crippen LogP contribution is -2.01. The summed E-state index contributed by atoms with van der Waals surface area (Å²) in [6, 6.07) is 10.5. The molecule has 0 amide bonds. The lowest BCUT2D eigenvalue weighted by atomic mass is 9.90. The zero-order chi connectivity index (χ0) is 17.8. The van der Waals surface area contributed by atoms with Crippen LogP contribution in [-0.4, -0.2) is 0 Å². The molecule has 0 aromatic heterocycles. The molecule has 0 heteroatoms. The van der Waals surface area contributed by atoms with E-state index in [0.717, 1.165) is 18.3 Å². The number of allylic oxidation sites excluding steroid dienone is 5. The molecule has 132 valence electrons. The first-order chi connectivity index (χ1) is 11.7. The predicted molar refractivity (Wildman–Crippen MR) is 109 cm³/mol. The molecule has 0 N–H and O–H groups in total. The van der Waals surface area contributed by atoms with Gasteiger partial charge in [-0.05, 0) is 55.9 Å². The molecule has 3 rings (SSSR count). The van der Waals surface area contributed by atoms with Crippen molar-refractivity contribution in [2.24, 2.45) is 11.8 Å². The fraction of sp³-hybridized carbons (Fsp3) is 0.500. The summed E-state index contributed by atoms with van der Waals surface area (Å²) in [6.45, 7) is 12.6. The highest BCUT2D eigenvalue weighted by Crippen LogP contribution is 2.35. The molecule has 24 heavy (non-hydrogen) atoms. The Labute approximate surface area is 150 Å². The van der Waals surface area contributed by atoms with Crippen molar-refractivity contribution in [1.29, 1.82) is 0 Å². The number of benzene rings is 1. The van der Waals surface area contributed by atoms with Gasteiger partial charge in [-0.1, -0.05) is 94.0 Å². The molecule has 2 unspecified atom stereocenters. The summed E-state index contributed by atoms with van der Waals surface area (Å²) in [6.07, 6.45) is 14.7. The summed E-state index contributed by atoms with van der Waals surface area (Å²) in [5.74, 6) is 1.52. The fourth-order valence-corrected chi connectivity index (χ4v) is 3.15. The van der Waals surface area contributed by atoms with Crippen LogP contribution in [0.4, 0.5) is 0 Å². The average Bonchev–Trinajstić information content (AvgIpc) is 3.05. The molecule has 0 spiro atoms. The van der Waals surface area contributed by atoms with Crippen LogP contribution in [0, 0.1) is 11.8 Å². The van der Waals surface area contributed by atoms with Gasteiger partial charge >= 0.3 is 0 Å². The number of hydrogen-bond acceptors (Lipinski definition) is 0. The van der Waals surface area contributed by atoms with E-state index < -0.39 is 0 Å². The molecule has 0 bridgehead atoms. The van der Waals surface area contributed by atoms with Crippen molar-refractivity contribution >= 4 is 0 Å². The third-order valence-corrected chi connectivity index (χ3v) is 4.75. The molecule has 1 fully saturated rings. The minimum atomic E-state index is 0.741. The lowest BCUT2D eigenvalue weighted by molar-refractivity contribution is 0.618. The van der Waals surface area contributed by atoms with E-state index in [4.69, 9.17) is 0 Å². The molecular formula is C24H36. The Morgan fingerprint density at radius 2 is 1.83 bits per heavy atom. The minimum absolute atomic E-state index is 0.741. The average molecular weight is 325 g/mol. The Morgan fingerprint density at radius 3 is 2.29 bits per heavy atom. The molecule has 2 aliphatic carbocycles. The molecule has 1 saturated carbocycles. The Balaban J connectivity index is 0.000000245. The van der Waals surface area contributed by atoms with Crippen LogP contribution >= 0.6 is 0 Å². The van der Waals surface area contributed by atoms with Crippen LogP contribution in [0.5, 0.6) is 0 Å². The lowest BCUT2D eigenvalue weighted by Gasteiger charge is -2.16. The number of aryl methyl sites for hydroxylation is 1. The highest BCUT2D eigenvalue weighted by molar-refractivity contribution is 5.26. The minimum Gasteiger partial charge on any atom is -0.0996 e. The van der Waals surface area contributed by atoms with E-state index in [0.29, 0.717) is 0 Å². The smallest absolute Gasteiger partial charge is 0.0165 e. The van der Waals surface area contributed by atoms with Gasteiger partial charge in [0.2, 0.25) is 0 Å². The Bertz CT molecular complexity index is 518. The second kappa shape index (κ2) is 11.9. The van der Waals surface area contributed by atoms with E-state index in [1.165, 1.54) is 48.8 Å². The van der Waals surface area contributed by atoms with Gasteiger partial charge in [-0.3, -0.25) is 0 Å². The summed E-state index contributed by atoms with van der Waals surface area (Å²) in [5.41, 5.74) is 4.43. The third-order valence-electron chi connectivity index (χ3n) is 4.75. The van der Waals surface area contributed by atoms with Crippen molar-refractivity contribution in [1.82, 2.24) is 0 Å². The second-order valence-electron chi connectivity index (χ2n) is 6.64. The zero-order valence-corrected chi connectivity index (χ0v) is 16.2. The van der Waals surface area contributed by atoms with E-state index in [9.17, 15) is 0 Å². The summed E-state index contributed by atoms with van der Waals surface area (Å²) in [7, 11) is 0. The van der Waals surface area contributed by atoms with Gasteiger partial charge in [-0.25, -0.2) is 0 Å². The van der Waals surface area contributed by atoms with E-state index >= 15 is 0 Å². The normalized spacial score (nSPS) is 22.0. The van der Waals surface area contributed by atoms with Gasteiger partial charge in [0.05, 0.1) is 0 Å². The van der Waals surface area contributed by atoms with Crippen molar-refractivity contribution in [3.63, 3.8) is 0 Å². The fourth-order valence-electron chi connectivity index (χ4n) is 3.15. The Hall–Kier alpha value is -1.56. The Kier molecular flexibility index (Phi) is 10.2. The van der Waals surface area contributed by atoms with E-state index in [2.05, 4.69) is 62.9 Å². The summed E-state index contributed by atoms with van der Waals surface area (Å²) < 4.78 is 0. The largest absolute Gasteiger partial charge is 0.0996 e. The molecular weight excluding hydrogens is 288 g/mol. The molecule has 0 aliphatic heterocycles. The molecule has 0 saturated heterocycles. The van der Waals surface area contributed by atoms with E-state index in [1.54, 1.807) is 0 Å². The van der Waals surface area contributed by atoms with Crippen molar-refractivity contribution in [2.45, 2.75) is 66.2 Å². The quantitative estimate of drug-likeness (QED) is 0.504. The van der Waals surface area contributed by atoms with Crippen LogP contribution in [0.2, 0.25) is 0 Å². The van der Waals surface area contributed by atoms with E-state index in [1.807, 2.05) is 19.9 Å². The summed E-state index contributed by atoms with van der Waals surface area (Å²) >= 11 is 0. The van der Waals surface area contributed by atoms with Crippen LogP contribution < -0.4 is 0 Å². The molecule has 0 heterocycles. The van der Waals surface area contributed by atoms with Gasteiger partial charge in [0.15, 0.2) is 0 Å². The topological polar surface area (TPSA) is 0 Å². The van der Waals surface area contributed by atoms with E-state index in [-0.39, 0.29) is 0 Å². The standard InChI is InChI=1S/C14H20.C8H10.C2H6/c1-11-6-8-13(9-7-11)10-14-5-3-4-12(14)2;1-2-8-6-4-3-5-7-8;1-2/h6,8-9,11,14H,2-5,7,10H2,1H3;3-7H,2H2,1H3;1-2H3. The van der Waals surface area contributed by atoms with Crippen LogP contribution in [0.1, 0.15) is 65.4 Å². The first kappa shape index (κ1) is 20.5. The molecule has 2 atom stereocenters.